The number of carbonyl (C=O) groups is 3. The predicted octanol–water partition coefficient (Wildman–Crippen LogP) is 4.16. The standard InChI is InChI=1S/C30H32FN5O3/c1-33(20-23-10-4-2-5-11-23)27(37)21-35-22-36(24-12-6-3-7-13-24)30(28(35)38)16-18-34(19-17-30)29(39)32-26-15-9-8-14-25(26)31/h2-15H,16-22H2,1H3,(H,32,39). The largest absolute Gasteiger partial charge is 0.340 e. The van der Waals surface area contributed by atoms with E-state index >= 15 is 0 Å². The SMILES string of the molecule is CN(Cc1ccccc1)C(=O)CN1CN(c2ccccc2)C2(CCN(C(=O)Nc3ccccc3F)CC2)C1=O. The number of benzene rings is 3. The zero-order chi connectivity index (χ0) is 27.4. The van der Waals surface area contributed by atoms with Crippen LogP contribution >= 0.6 is 0 Å². The van der Waals surface area contributed by atoms with E-state index in [1.165, 1.54) is 12.1 Å². The molecule has 0 saturated carbocycles. The zero-order valence-corrected chi connectivity index (χ0v) is 21.9. The lowest BCUT2D eigenvalue weighted by Gasteiger charge is -2.43. The number of piperidine rings is 1. The second-order valence-electron chi connectivity index (χ2n) is 10.1. The molecule has 0 aliphatic carbocycles. The summed E-state index contributed by atoms with van der Waals surface area (Å²) in [5, 5.41) is 2.63. The lowest BCUT2D eigenvalue weighted by molar-refractivity contribution is -0.140. The fourth-order valence-corrected chi connectivity index (χ4v) is 5.39. The molecule has 5 rings (SSSR count). The Hall–Kier alpha value is -4.40. The second kappa shape index (κ2) is 11.1. The summed E-state index contributed by atoms with van der Waals surface area (Å²) in [6.45, 7) is 1.37. The summed E-state index contributed by atoms with van der Waals surface area (Å²) in [6, 6.07) is 25.0. The van der Waals surface area contributed by atoms with Gasteiger partial charge in [0.25, 0.3) is 5.91 Å². The highest BCUT2D eigenvalue weighted by Gasteiger charge is 2.54. The molecule has 39 heavy (non-hydrogen) atoms. The first-order valence-electron chi connectivity index (χ1n) is 13.1. The Morgan fingerprint density at radius 3 is 2.21 bits per heavy atom. The van der Waals surface area contributed by atoms with Gasteiger partial charge < -0.3 is 24.9 Å². The molecule has 2 saturated heterocycles. The van der Waals surface area contributed by atoms with Gasteiger partial charge in [-0.3, -0.25) is 9.59 Å². The molecule has 1 spiro atoms. The third kappa shape index (κ3) is 5.43. The van der Waals surface area contributed by atoms with Gasteiger partial charge in [0.05, 0.1) is 12.4 Å². The maximum Gasteiger partial charge on any atom is 0.321 e. The van der Waals surface area contributed by atoms with E-state index in [0.29, 0.717) is 32.5 Å². The fourth-order valence-electron chi connectivity index (χ4n) is 5.39. The van der Waals surface area contributed by atoms with Crippen LogP contribution in [0.4, 0.5) is 20.6 Å². The minimum Gasteiger partial charge on any atom is -0.340 e. The Balaban J connectivity index is 1.30. The Morgan fingerprint density at radius 1 is 0.923 bits per heavy atom. The van der Waals surface area contributed by atoms with Crippen molar-refractivity contribution in [2.45, 2.75) is 24.9 Å². The first-order valence-corrected chi connectivity index (χ1v) is 13.1. The van der Waals surface area contributed by atoms with Crippen molar-refractivity contribution < 1.29 is 18.8 Å². The Bertz CT molecular complexity index is 1330. The molecule has 3 aromatic carbocycles. The number of likely N-dealkylation sites (tertiary alicyclic amines) is 1. The number of carbonyl (C=O) groups excluding carboxylic acids is 3. The highest BCUT2D eigenvalue weighted by molar-refractivity contribution is 5.97. The third-order valence-electron chi connectivity index (χ3n) is 7.59. The average Bonchev–Trinajstić information content (AvgIpc) is 3.21. The molecular weight excluding hydrogens is 497 g/mol. The van der Waals surface area contributed by atoms with Crippen LogP contribution in [-0.2, 0) is 16.1 Å². The van der Waals surface area contributed by atoms with Gasteiger partial charge in [0.2, 0.25) is 5.91 Å². The Labute approximate surface area is 227 Å². The first kappa shape index (κ1) is 26.2. The number of likely N-dealkylation sites (N-methyl/N-ethyl adjacent to an activating group) is 1. The van der Waals surface area contributed by atoms with Crippen LogP contribution in [0.1, 0.15) is 18.4 Å². The number of para-hydroxylation sites is 2. The maximum atomic E-state index is 14.1. The molecule has 0 atom stereocenters. The molecule has 2 fully saturated rings. The molecule has 1 N–H and O–H groups in total. The van der Waals surface area contributed by atoms with Crippen LogP contribution in [-0.4, -0.2) is 71.4 Å². The number of hydrogen-bond acceptors (Lipinski definition) is 4. The molecule has 0 radical (unpaired) electrons. The topological polar surface area (TPSA) is 76.2 Å². The van der Waals surface area contributed by atoms with Crippen molar-refractivity contribution in [1.29, 1.82) is 0 Å². The molecule has 3 aromatic rings. The number of urea groups is 1. The predicted molar refractivity (Wildman–Crippen MR) is 147 cm³/mol. The number of halogens is 1. The first-order chi connectivity index (χ1) is 18.9. The van der Waals surface area contributed by atoms with Gasteiger partial charge >= 0.3 is 6.03 Å². The molecule has 2 aliphatic rings. The number of amides is 4. The third-order valence-corrected chi connectivity index (χ3v) is 7.59. The molecule has 9 heteroatoms. The monoisotopic (exact) mass is 529 g/mol. The van der Waals surface area contributed by atoms with Crippen molar-refractivity contribution in [3.05, 3.63) is 96.3 Å². The van der Waals surface area contributed by atoms with Crippen molar-refractivity contribution in [1.82, 2.24) is 14.7 Å². The van der Waals surface area contributed by atoms with Crippen LogP contribution in [0.5, 0.6) is 0 Å². The van der Waals surface area contributed by atoms with Crippen LogP contribution in [0.25, 0.3) is 0 Å². The van der Waals surface area contributed by atoms with Crippen molar-refractivity contribution in [2.24, 2.45) is 0 Å². The fraction of sp³-hybridized carbons (Fsp3) is 0.300. The summed E-state index contributed by atoms with van der Waals surface area (Å²) >= 11 is 0. The van der Waals surface area contributed by atoms with Crippen molar-refractivity contribution in [3.63, 3.8) is 0 Å². The second-order valence-corrected chi connectivity index (χ2v) is 10.1. The number of rotatable bonds is 6. The van der Waals surface area contributed by atoms with Crippen molar-refractivity contribution >= 4 is 29.2 Å². The summed E-state index contributed by atoms with van der Waals surface area (Å²) in [5.41, 5.74) is 1.16. The molecule has 0 aromatic heterocycles. The number of anilines is 2. The summed E-state index contributed by atoms with van der Waals surface area (Å²) < 4.78 is 14.1. The molecule has 0 unspecified atom stereocenters. The number of hydrogen-bond donors (Lipinski definition) is 1. The molecular formula is C30H32FN5O3. The molecule has 4 amide bonds. The van der Waals surface area contributed by atoms with Crippen LogP contribution in [0.15, 0.2) is 84.9 Å². The highest BCUT2D eigenvalue weighted by Crippen LogP contribution is 2.39. The summed E-state index contributed by atoms with van der Waals surface area (Å²) in [4.78, 5) is 46.9. The average molecular weight is 530 g/mol. The minimum absolute atomic E-state index is 0.0231. The van der Waals surface area contributed by atoms with Crippen LogP contribution < -0.4 is 10.2 Å². The van der Waals surface area contributed by atoms with Gasteiger partial charge in [-0.05, 0) is 42.7 Å². The molecule has 8 nitrogen and oxygen atoms in total. The van der Waals surface area contributed by atoms with E-state index in [1.54, 1.807) is 33.9 Å². The Kier molecular flexibility index (Phi) is 7.49. The molecule has 202 valence electrons. The maximum absolute atomic E-state index is 14.1. The van der Waals surface area contributed by atoms with E-state index in [1.807, 2.05) is 60.7 Å². The molecule has 2 heterocycles. The molecule has 2 aliphatic heterocycles. The number of nitrogens with zero attached hydrogens (tertiary/aromatic N) is 4. The Morgan fingerprint density at radius 2 is 1.54 bits per heavy atom. The van der Waals surface area contributed by atoms with Gasteiger partial charge in [-0.1, -0.05) is 60.7 Å². The van der Waals surface area contributed by atoms with Crippen LogP contribution in [0, 0.1) is 5.82 Å². The smallest absolute Gasteiger partial charge is 0.321 e. The van der Waals surface area contributed by atoms with Crippen molar-refractivity contribution in [2.75, 3.05) is 43.6 Å². The van der Waals surface area contributed by atoms with Crippen LogP contribution in [0.2, 0.25) is 0 Å². The van der Waals surface area contributed by atoms with Gasteiger partial charge in [0.15, 0.2) is 0 Å². The van der Waals surface area contributed by atoms with E-state index in [-0.39, 0.29) is 30.7 Å². The van der Waals surface area contributed by atoms with Crippen LogP contribution in [0.3, 0.4) is 0 Å². The van der Waals surface area contributed by atoms with Gasteiger partial charge in [-0.2, -0.15) is 0 Å². The number of nitrogens with one attached hydrogen (secondary N) is 1. The van der Waals surface area contributed by atoms with Crippen molar-refractivity contribution in [3.8, 4) is 0 Å². The summed E-state index contributed by atoms with van der Waals surface area (Å²) in [7, 11) is 1.74. The van der Waals surface area contributed by atoms with E-state index in [0.717, 1.165) is 11.3 Å². The zero-order valence-electron chi connectivity index (χ0n) is 21.9. The van der Waals surface area contributed by atoms with Gasteiger partial charge in [-0.15, -0.1) is 0 Å². The van der Waals surface area contributed by atoms with Gasteiger partial charge in [-0.25, -0.2) is 9.18 Å². The molecule has 0 bridgehead atoms. The van der Waals surface area contributed by atoms with E-state index < -0.39 is 17.4 Å². The van der Waals surface area contributed by atoms with Gasteiger partial charge in [0, 0.05) is 32.4 Å². The lowest BCUT2D eigenvalue weighted by atomic mass is 9.85. The van der Waals surface area contributed by atoms with E-state index in [2.05, 4.69) is 10.2 Å². The quantitative estimate of drug-likeness (QED) is 0.521. The lowest BCUT2D eigenvalue weighted by Crippen LogP contribution is -2.58. The van der Waals surface area contributed by atoms with E-state index in [9.17, 15) is 18.8 Å². The summed E-state index contributed by atoms with van der Waals surface area (Å²) in [5.74, 6) is -0.751. The normalized spacial score (nSPS) is 16.5. The minimum atomic E-state index is -0.867. The van der Waals surface area contributed by atoms with Gasteiger partial charge in [0.1, 0.15) is 17.9 Å². The highest BCUT2D eigenvalue weighted by atomic mass is 19.1. The van der Waals surface area contributed by atoms with E-state index in [4.69, 9.17) is 0 Å². The summed E-state index contributed by atoms with van der Waals surface area (Å²) in [6.07, 6.45) is 0.798.